The van der Waals surface area contributed by atoms with E-state index in [4.69, 9.17) is 9.84 Å². The molecule has 5 N–H and O–H groups in total. The van der Waals surface area contributed by atoms with Crippen LogP contribution >= 0.6 is 0 Å². The number of carbonyl (C=O) groups excluding carboxylic acids is 4. The number of rotatable bonds is 10. The van der Waals surface area contributed by atoms with E-state index in [9.17, 15) is 24.0 Å². The summed E-state index contributed by atoms with van der Waals surface area (Å²) in [6.45, 7) is -1.06. The molecule has 5 amide bonds. The molecule has 0 aliphatic heterocycles. The monoisotopic (exact) mass is 485 g/mol. The van der Waals surface area contributed by atoms with E-state index < -0.39 is 49.0 Å². The standard InChI is InChI=1S/C23H27N5O7/c1-28(27-23(34)35-15-17-10-6-3-7-11-17)22(33)26-18(12-16-8-4-2-5-9-16)21(32)25-13-19(29)24-14-20(30)31/h2-11,18H,12-15H2,1H3,(H,24,29)(H,25,32)(H,26,33)(H,27,34)(H,30,31)/t18-/m0/s1. The number of urea groups is 1. The fourth-order valence-corrected chi connectivity index (χ4v) is 2.78. The summed E-state index contributed by atoms with van der Waals surface area (Å²) in [7, 11) is 1.27. The Morgan fingerprint density at radius 1 is 0.886 bits per heavy atom. The van der Waals surface area contributed by atoms with Crippen molar-refractivity contribution in [3.8, 4) is 0 Å². The molecule has 0 aliphatic rings. The van der Waals surface area contributed by atoms with Crippen molar-refractivity contribution in [2.45, 2.75) is 19.1 Å². The smallest absolute Gasteiger partial charge is 0.426 e. The predicted octanol–water partition coefficient (Wildman–Crippen LogP) is 0.398. The highest BCUT2D eigenvalue weighted by atomic mass is 16.6. The maximum atomic E-state index is 12.7. The van der Waals surface area contributed by atoms with E-state index in [1.165, 1.54) is 7.05 Å². The number of carboxylic acid groups (broad SMARTS) is 1. The Kier molecular flexibility index (Phi) is 10.5. The van der Waals surface area contributed by atoms with Gasteiger partial charge in [-0.15, -0.1) is 0 Å². The second kappa shape index (κ2) is 13.8. The Hall–Kier alpha value is -4.61. The van der Waals surface area contributed by atoms with Gasteiger partial charge in [0.05, 0.1) is 6.54 Å². The largest absolute Gasteiger partial charge is 0.480 e. The van der Waals surface area contributed by atoms with Crippen molar-refractivity contribution in [3.63, 3.8) is 0 Å². The highest BCUT2D eigenvalue weighted by molar-refractivity contribution is 5.91. The molecule has 0 heterocycles. The van der Waals surface area contributed by atoms with Gasteiger partial charge in [0.1, 0.15) is 19.2 Å². The normalized spacial score (nSPS) is 10.9. The van der Waals surface area contributed by atoms with Crippen LogP contribution in [0.3, 0.4) is 0 Å². The molecule has 2 aromatic carbocycles. The van der Waals surface area contributed by atoms with Crippen LogP contribution in [-0.4, -0.2) is 66.2 Å². The van der Waals surface area contributed by atoms with Crippen LogP contribution in [0.1, 0.15) is 11.1 Å². The molecule has 0 fully saturated rings. The molecule has 2 aromatic rings. The fraction of sp³-hybridized carbons (Fsp3) is 0.261. The van der Waals surface area contributed by atoms with Crippen LogP contribution in [0.2, 0.25) is 0 Å². The minimum Gasteiger partial charge on any atom is -0.480 e. The highest BCUT2D eigenvalue weighted by Gasteiger charge is 2.24. The maximum absolute atomic E-state index is 12.7. The summed E-state index contributed by atoms with van der Waals surface area (Å²) in [5.74, 6) is -2.60. The van der Waals surface area contributed by atoms with Gasteiger partial charge in [-0.3, -0.25) is 14.4 Å². The van der Waals surface area contributed by atoms with Crippen LogP contribution < -0.4 is 21.4 Å². The first-order chi connectivity index (χ1) is 16.7. The second-order valence-corrected chi connectivity index (χ2v) is 7.31. The average Bonchev–Trinajstić information content (AvgIpc) is 2.85. The van der Waals surface area contributed by atoms with E-state index in [0.717, 1.165) is 16.1 Å². The van der Waals surface area contributed by atoms with Crippen molar-refractivity contribution in [2.75, 3.05) is 20.1 Å². The molecule has 12 heteroatoms. The molecule has 0 radical (unpaired) electrons. The summed E-state index contributed by atoms with van der Waals surface area (Å²) in [5, 5.41) is 16.4. The average molecular weight is 485 g/mol. The van der Waals surface area contributed by atoms with Crippen LogP contribution in [0.4, 0.5) is 9.59 Å². The fourth-order valence-electron chi connectivity index (χ4n) is 2.78. The summed E-state index contributed by atoms with van der Waals surface area (Å²) < 4.78 is 5.06. The Balaban J connectivity index is 1.93. The van der Waals surface area contributed by atoms with Gasteiger partial charge in [0.15, 0.2) is 0 Å². The van der Waals surface area contributed by atoms with E-state index in [1.54, 1.807) is 54.6 Å². The van der Waals surface area contributed by atoms with Crippen molar-refractivity contribution < 1.29 is 33.8 Å². The summed E-state index contributed by atoms with van der Waals surface area (Å²) in [6, 6.07) is 15.9. The summed E-state index contributed by atoms with van der Waals surface area (Å²) in [5.41, 5.74) is 3.75. The van der Waals surface area contributed by atoms with Crippen LogP contribution in [0.15, 0.2) is 60.7 Å². The molecule has 0 saturated heterocycles. The topological polar surface area (TPSA) is 166 Å². The lowest BCUT2D eigenvalue weighted by Gasteiger charge is -2.23. The van der Waals surface area contributed by atoms with E-state index in [1.807, 2.05) is 6.07 Å². The summed E-state index contributed by atoms with van der Waals surface area (Å²) in [4.78, 5) is 59.5. The number of carboxylic acids is 1. The molecular formula is C23H27N5O7. The van der Waals surface area contributed by atoms with E-state index in [-0.39, 0.29) is 13.0 Å². The Labute approximate surface area is 201 Å². The summed E-state index contributed by atoms with van der Waals surface area (Å²) in [6.07, 6.45) is -0.771. The molecule has 2 rings (SSSR count). The lowest BCUT2D eigenvalue weighted by atomic mass is 10.1. The molecule has 0 aliphatic carbocycles. The zero-order valence-electron chi connectivity index (χ0n) is 19.0. The third-order valence-electron chi connectivity index (χ3n) is 4.53. The maximum Gasteiger partial charge on any atom is 0.426 e. The van der Waals surface area contributed by atoms with Crippen molar-refractivity contribution in [1.82, 2.24) is 26.4 Å². The number of aliphatic carboxylic acids is 1. The molecule has 0 saturated carbocycles. The molecule has 0 unspecified atom stereocenters. The number of hydrazine groups is 1. The number of ether oxygens (including phenoxy) is 1. The molecular weight excluding hydrogens is 458 g/mol. The van der Waals surface area contributed by atoms with Gasteiger partial charge >= 0.3 is 18.1 Å². The van der Waals surface area contributed by atoms with Crippen LogP contribution in [-0.2, 0) is 32.1 Å². The van der Waals surface area contributed by atoms with Crippen LogP contribution in [0, 0.1) is 0 Å². The minimum atomic E-state index is -1.23. The number of carbonyl (C=O) groups is 5. The molecule has 1 atom stereocenters. The SMILES string of the molecule is CN(NC(=O)OCc1ccccc1)C(=O)N[C@@H](Cc1ccccc1)C(=O)NCC(=O)NCC(=O)O. The first-order valence-electron chi connectivity index (χ1n) is 10.6. The lowest BCUT2D eigenvalue weighted by Crippen LogP contribution is -2.56. The number of hydrogen-bond acceptors (Lipinski definition) is 6. The lowest BCUT2D eigenvalue weighted by molar-refractivity contribution is -0.137. The number of hydrogen-bond donors (Lipinski definition) is 5. The van der Waals surface area contributed by atoms with E-state index in [2.05, 4.69) is 21.4 Å². The van der Waals surface area contributed by atoms with Crippen molar-refractivity contribution in [3.05, 3.63) is 71.8 Å². The van der Waals surface area contributed by atoms with Crippen molar-refractivity contribution in [2.24, 2.45) is 0 Å². The molecule has 0 bridgehead atoms. The minimum absolute atomic E-state index is 0.00507. The van der Waals surface area contributed by atoms with Gasteiger partial charge in [0.2, 0.25) is 11.8 Å². The zero-order valence-corrected chi connectivity index (χ0v) is 19.0. The van der Waals surface area contributed by atoms with Gasteiger partial charge in [0, 0.05) is 13.5 Å². The van der Waals surface area contributed by atoms with Crippen molar-refractivity contribution in [1.29, 1.82) is 0 Å². The molecule has 0 aromatic heterocycles. The molecule has 0 spiro atoms. The van der Waals surface area contributed by atoms with E-state index in [0.29, 0.717) is 0 Å². The highest BCUT2D eigenvalue weighted by Crippen LogP contribution is 2.04. The van der Waals surface area contributed by atoms with Crippen LogP contribution in [0.25, 0.3) is 0 Å². The number of amides is 5. The van der Waals surface area contributed by atoms with Crippen molar-refractivity contribution >= 4 is 29.9 Å². The van der Waals surface area contributed by atoms with Gasteiger partial charge in [-0.05, 0) is 11.1 Å². The second-order valence-electron chi connectivity index (χ2n) is 7.31. The number of benzene rings is 2. The third kappa shape index (κ3) is 10.2. The van der Waals surface area contributed by atoms with E-state index >= 15 is 0 Å². The van der Waals surface area contributed by atoms with Gasteiger partial charge in [0.25, 0.3) is 0 Å². The third-order valence-corrected chi connectivity index (χ3v) is 4.53. The zero-order chi connectivity index (χ0) is 25.6. The Morgan fingerprint density at radius 3 is 2.09 bits per heavy atom. The number of nitrogens with one attached hydrogen (secondary N) is 4. The first-order valence-corrected chi connectivity index (χ1v) is 10.6. The van der Waals surface area contributed by atoms with Crippen LogP contribution in [0.5, 0.6) is 0 Å². The Bertz CT molecular complexity index is 1020. The molecule has 186 valence electrons. The number of nitrogens with zero attached hydrogens (tertiary/aromatic N) is 1. The van der Waals surface area contributed by atoms with Gasteiger partial charge in [-0.2, -0.15) is 0 Å². The first kappa shape index (κ1) is 26.6. The van der Waals surface area contributed by atoms with Gasteiger partial charge in [-0.25, -0.2) is 20.0 Å². The predicted molar refractivity (Wildman–Crippen MR) is 124 cm³/mol. The molecule has 12 nitrogen and oxygen atoms in total. The summed E-state index contributed by atoms with van der Waals surface area (Å²) >= 11 is 0. The van der Waals surface area contributed by atoms with Gasteiger partial charge < -0.3 is 25.8 Å². The van der Waals surface area contributed by atoms with Gasteiger partial charge in [-0.1, -0.05) is 60.7 Å². The molecule has 35 heavy (non-hydrogen) atoms. The Morgan fingerprint density at radius 2 is 1.49 bits per heavy atom. The quantitative estimate of drug-likeness (QED) is 0.304.